The lowest BCUT2D eigenvalue weighted by atomic mass is 9.79. The van der Waals surface area contributed by atoms with Gasteiger partial charge < -0.3 is 19.7 Å². The number of methoxy groups -OCH3 is 1. The first kappa shape index (κ1) is 18.7. The minimum Gasteiger partial charge on any atom is -0.493 e. The molecule has 0 spiro atoms. The van der Waals surface area contributed by atoms with Crippen LogP contribution in [0.15, 0.2) is 31.0 Å². The SMILES string of the molecule is COc1cc(Nc2ncc3c(n2)N(C)C(C2CCC2)CO3)cnc1-n1cnc(C)c1. The first-order chi connectivity index (χ1) is 14.6. The Balaban J connectivity index is 1.39. The van der Waals surface area contributed by atoms with Crippen molar-refractivity contribution < 1.29 is 9.47 Å². The molecule has 0 amide bonds. The molecule has 1 aliphatic carbocycles. The number of hydrogen-bond acceptors (Lipinski definition) is 8. The second kappa shape index (κ2) is 7.47. The van der Waals surface area contributed by atoms with Crippen molar-refractivity contribution in [3.63, 3.8) is 0 Å². The molecule has 1 atom stereocenters. The summed E-state index contributed by atoms with van der Waals surface area (Å²) in [5.41, 5.74) is 1.65. The van der Waals surface area contributed by atoms with E-state index in [-0.39, 0.29) is 0 Å². The van der Waals surface area contributed by atoms with Crippen molar-refractivity contribution in [2.45, 2.75) is 32.2 Å². The molecule has 1 aliphatic heterocycles. The molecular weight excluding hydrogens is 382 g/mol. The molecule has 156 valence electrons. The summed E-state index contributed by atoms with van der Waals surface area (Å²) in [5, 5.41) is 3.23. The lowest BCUT2D eigenvalue weighted by Gasteiger charge is -2.42. The van der Waals surface area contributed by atoms with E-state index in [0.29, 0.717) is 36.1 Å². The molecule has 1 unspecified atom stereocenters. The van der Waals surface area contributed by atoms with E-state index >= 15 is 0 Å². The Morgan fingerprint density at radius 2 is 2.03 bits per heavy atom. The van der Waals surface area contributed by atoms with Crippen LogP contribution in [0.25, 0.3) is 5.82 Å². The summed E-state index contributed by atoms with van der Waals surface area (Å²) in [7, 11) is 3.71. The molecule has 5 rings (SSSR count). The standard InChI is InChI=1S/C21H25N7O2/c1-13-10-28(12-24-13)19-17(29-3)7-15(8-22-19)25-21-23-9-18-20(26-21)27(2)16(11-30-18)14-5-4-6-14/h7-10,12,14,16H,4-6,11H2,1-3H3,(H,23,25,26). The quantitative estimate of drug-likeness (QED) is 0.690. The summed E-state index contributed by atoms with van der Waals surface area (Å²) in [4.78, 5) is 20.1. The topological polar surface area (TPSA) is 90.2 Å². The van der Waals surface area contributed by atoms with Crippen LogP contribution in [0.4, 0.5) is 17.5 Å². The molecule has 3 aromatic rings. The monoisotopic (exact) mass is 407 g/mol. The average molecular weight is 407 g/mol. The van der Waals surface area contributed by atoms with Gasteiger partial charge in [0.15, 0.2) is 23.1 Å². The first-order valence-electron chi connectivity index (χ1n) is 10.2. The molecule has 0 bridgehead atoms. The van der Waals surface area contributed by atoms with Crippen LogP contribution in [0, 0.1) is 12.8 Å². The van der Waals surface area contributed by atoms with E-state index in [0.717, 1.165) is 22.9 Å². The van der Waals surface area contributed by atoms with Crippen LogP contribution >= 0.6 is 0 Å². The number of anilines is 3. The van der Waals surface area contributed by atoms with Crippen LogP contribution in [0.5, 0.6) is 11.5 Å². The van der Waals surface area contributed by atoms with E-state index in [4.69, 9.17) is 14.5 Å². The van der Waals surface area contributed by atoms with Gasteiger partial charge in [0.05, 0.1) is 36.9 Å². The number of aromatic nitrogens is 5. The predicted octanol–water partition coefficient (Wildman–Crippen LogP) is 3.12. The molecule has 9 nitrogen and oxygen atoms in total. The van der Waals surface area contributed by atoms with E-state index in [1.165, 1.54) is 19.3 Å². The van der Waals surface area contributed by atoms with Crippen molar-refractivity contribution in [2.24, 2.45) is 5.92 Å². The second-order valence-corrected chi connectivity index (χ2v) is 7.86. The molecule has 1 N–H and O–H groups in total. The van der Waals surface area contributed by atoms with Gasteiger partial charge >= 0.3 is 0 Å². The van der Waals surface area contributed by atoms with Gasteiger partial charge in [-0.05, 0) is 25.7 Å². The number of hydrogen-bond donors (Lipinski definition) is 1. The van der Waals surface area contributed by atoms with Crippen LogP contribution in [0.1, 0.15) is 25.0 Å². The summed E-state index contributed by atoms with van der Waals surface area (Å²) < 4.78 is 13.3. The number of imidazole rings is 1. The number of rotatable bonds is 5. The van der Waals surface area contributed by atoms with Crippen LogP contribution in [-0.2, 0) is 0 Å². The Hall–Kier alpha value is -3.36. The first-order valence-corrected chi connectivity index (χ1v) is 10.2. The van der Waals surface area contributed by atoms with E-state index in [1.54, 1.807) is 25.8 Å². The highest BCUT2D eigenvalue weighted by Crippen LogP contribution is 2.39. The molecule has 3 aromatic heterocycles. The minimum absolute atomic E-state index is 0.369. The van der Waals surface area contributed by atoms with E-state index < -0.39 is 0 Å². The van der Waals surface area contributed by atoms with Gasteiger partial charge in [0.2, 0.25) is 5.95 Å². The van der Waals surface area contributed by atoms with Gasteiger partial charge in [-0.3, -0.25) is 4.57 Å². The third-order valence-corrected chi connectivity index (χ3v) is 5.94. The Bertz CT molecular complexity index is 1060. The molecular formula is C21H25N7O2. The third kappa shape index (κ3) is 3.30. The maximum Gasteiger partial charge on any atom is 0.229 e. The van der Waals surface area contributed by atoms with Crippen molar-refractivity contribution in [1.29, 1.82) is 0 Å². The van der Waals surface area contributed by atoms with Crippen molar-refractivity contribution in [3.05, 3.63) is 36.7 Å². The van der Waals surface area contributed by atoms with E-state index in [2.05, 4.69) is 32.2 Å². The minimum atomic E-state index is 0.369. The molecule has 9 heteroatoms. The van der Waals surface area contributed by atoms with Gasteiger partial charge in [0.1, 0.15) is 12.9 Å². The second-order valence-electron chi connectivity index (χ2n) is 7.86. The molecule has 0 saturated heterocycles. The number of pyridine rings is 1. The summed E-state index contributed by atoms with van der Waals surface area (Å²) in [5.74, 6) is 4.02. The molecule has 30 heavy (non-hydrogen) atoms. The maximum atomic E-state index is 5.94. The van der Waals surface area contributed by atoms with E-state index in [1.807, 2.05) is 23.8 Å². The fourth-order valence-corrected chi connectivity index (χ4v) is 4.01. The maximum absolute atomic E-state index is 5.94. The van der Waals surface area contributed by atoms with Gasteiger partial charge in [-0.25, -0.2) is 15.0 Å². The summed E-state index contributed by atoms with van der Waals surface area (Å²) >= 11 is 0. The zero-order valence-electron chi connectivity index (χ0n) is 17.4. The van der Waals surface area contributed by atoms with Gasteiger partial charge in [-0.1, -0.05) is 6.42 Å². The fraction of sp³-hybridized carbons (Fsp3) is 0.429. The smallest absolute Gasteiger partial charge is 0.229 e. The Morgan fingerprint density at radius 3 is 2.73 bits per heavy atom. The zero-order valence-corrected chi connectivity index (χ0v) is 17.4. The molecule has 0 aromatic carbocycles. The van der Waals surface area contributed by atoms with Gasteiger partial charge in [-0.2, -0.15) is 4.98 Å². The van der Waals surface area contributed by atoms with Crippen LogP contribution in [0.2, 0.25) is 0 Å². The summed E-state index contributed by atoms with van der Waals surface area (Å²) in [6.45, 7) is 2.63. The van der Waals surface area contributed by atoms with E-state index in [9.17, 15) is 0 Å². The molecule has 1 fully saturated rings. The zero-order chi connectivity index (χ0) is 20.7. The number of ether oxygens (including phenoxy) is 2. The number of nitrogens with zero attached hydrogens (tertiary/aromatic N) is 6. The number of aryl methyl sites for hydroxylation is 1. The number of nitrogens with one attached hydrogen (secondary N) is 1. The Labute approximate surface area is 175 Å². The fourth-order valence-electron chi connectivity index (χ4n) is 4.01. The third-order valence-electron chi connectivity index (χ3n) is 5.94. The average Bonchev–Trinajstić information content (AvgIpc) is 3.15. The van der Waals surface area contributed by atoms with Gasteiger partial charge in [-0.15, -0.1) is 0 Å². The Morgan fingerprint density at radius 1 is 1.17 bits per heavy atom. The number of likely N-dealkylation sites (N-methyl/N-ethyl adjacent to an activating group) is 1. The van der Waals surface area contributed by atoms with Gasteiger partial charge in [0, 0.05) is 19.3 Å². The van der Waals surface area contributed by atoms with Crippen LogP contribution in [-0.4, -0.2) is 51.3 Å². The van der Waals surface area contributed by atoms with Crippen molar-refractivity contribution in [3.8, 4) is 17.3 Å². The highest BCUT2D eigenvalue weighted by atomic mass is 16.5. The van der Waals surface area contributed by atoms with Crippen molar-refractivity contribution in [1.82, 2.24) is 24.5 Å². The molecule has 0 radical (unpaired) electrons. The lowest BCUT2D eigenvalue weighted by molar-refractivity contribution is 0.170. The molecule has 1 saturated carbocycles. The molecule has 2 aliphatic rings. The highest BCUT2D eigenvalue weighted by Gasteiger charge is 2.35. The largest absolute Gasteiger partial charge is 0.493 e. The van der Waals surface area contributed by atoms with Gasteiger partial charge in [0.25, 0.3) is 0 Å². The highest BCUT2D eigenvalue weighted by molar-refractivity contribution is 5.62. The van der Waals surface area contributed by atoms with Crippen molar-refractivity contribution in [2.75, 3.05) is 31.0 Å². The van der Waals surface area contributed by atoms with Crippen molar-refractivity contribution >= 4 is 17.5 Å². The van der Waals surface area contributed by atoms with Crippen LogP contribution < -0.4 is 19.7 Å². The number of fused-ring (bicyclic) bond motifs is 1. The van der Waals surface area contributed by atoms with Crippen LogP contribution in [0.3, 0.4) is 0 Å². The normalized spacial score (nSPS) is 18.4. The molecule has 4 heterocycles. The summed E-state index contributed by atoms with van der Waals surface area (Å²) in [6, 6.07) is 2.24. The lowest BCUT2D eigenvalue weighted by Crippen LogP contribution is -2.48. The summed E-state index contributed by atoms with van der Waals surface area (Å²) in [6.07, 6.45) is 10.9. The predicted molar refractivity (Wildman–Crippen MR) is 113 cm³/mol. The Kier molecular flexibility index (Phi) is 4.65.